The van der Waals surface area contributed by atoms with Crippen LogP contribution in [0, 0.1) is 3.57 Å². The summed E-state index contributed by atoms with van der Waals surface area (Å²) in [7, 11) is 0. The zero-order valence-electron chi connectivity index (χ0n) is 10.4. The summed E-state index contributed by atoms with van der Waals surface area (Å²) >= 11 is 2.31. The van der Waals surface area contributed by atoms with Gasteiger partial charge in [0.05, 0.1) is 3.57 Å². The third-order valence-electron chi connectivity index (χ3n) is 3.06. The smallest absolute Gasteiger partial charge is 0.145 e. The Kier molecular flexibility index (Phi) is 4.55. The van der Waals surface area contributed by atoms with Crippen LogP contribution in [0.25, 0.3) is 0 Å². The van der Waals surface area contributed by atoms with Gasteiger partial charge in [0, 0.05) is 31.4 Å². The first kappa shape index (κ1) is 13.0. The van der Waals surface area contributed by atoms with Gasteiger partial charge in [0.1, 0.15) is 12.1 Å². The van der Waals surface area contributed by atoms with Gasteiger partial charge >= 0.3 is 0 Å². The summed E-state index contributed by atoms with van der Waals surface area (Å²) in [6.45, 7) is 6.52. The average molecular weight is 346 g/mol. The van der Waals surface area contributed by atoms with Gasteiger partial charge in [-0.15, -0.1) is 0 Å². The van der Waals surface area contributed by atoms with Crippen LogP contribution in [0.4, 0.5) is 5.82 Å². The molecule has 1 aromatic heterocycles. The number of halogens is 1. The van der Waals surface area contributed by atoms with Crippen molar-refractivity contribution in [3.63, 3.8) is 0 Å². The highest BCUT2D eigenvalue weighted by molar-refractivity contribution is 14.1. The lowest BCUT2D eigenvalue weighted by Gasteiger charge is -2.27. The highest BCUT2D eigenvalue weighted by Gasteiger charge is 2.26. The van der Waals surface area contributed by atoms with Crippen molar-refractivity contribution in [3.05, 3.63) is 16.1 Å². The standard InChI is InChI=1S/C12H19IN4/c1-9(2)15-6-10-4-3-5-17(10)12-11(13)7-14-8-16-12/h7-10,15H,3-6H2,1-2H3. The molecule has 0 amide bonds. The molecule has 0 saturated carbocycles. The SMILES string of the molecule is CC(C)NCC1CCCN1c1ncncc1I. The van der Waals surface area contributed by atoms with Gasteiger partial charge in [-0.05, 0) is 35.4 Å². The molecule has 0 radical (unpaired) electrons. The van der Waals surface area contributed by atoms with Gasteiger partial charge in [0.15, 0.2) is 0 Å². The summed E-state index contributed by atoms with van der Waals surface area (Å²) in [6, 6.07) is 1.11. The van der Waals surface area contributed by atoms with Gasteiger partial charge < -0.3 is 10.2 Å². The maximum absolute atomic E-state index is 4.42. The molecule has 1 saturated heterocycles. The Bertz CT molecular complexity index is 369. The van der Waals surface area contributed by atoms with Crippen molar-refractivity contribution >= 4 is 28.4 Å². The molecule has 94 valence electrons. The summed E-state index contributed by atoms with van der Waals surface area (Å²) in [5, 5.41) is 3.52. The number of hydrogen-bond donors (Lipinski definition) is 1. The van der Waals surface area contributed by atoms with E-state index in [0.29, 0.717) is 12.1 Å². The minimum Gasteiger partial charge on any atom is -0.351 e. The molecular weight excluding hydrogens is 327 g/mol. The minimum atomic E-state index is 0.543. The first-order chi connectivity index (χ1) is 8.18. The second-order valence-electron chi connectivity index (χ2n) is 4.75. The van der Waals surface area contributed by atoms with Gasteiger partial charge in [-0.2, -0.15) is 0 Å². The molecule has 1 fully saturated rings. The van der Waals surface area contributed by atoms with Gasteiger partial charge in [-0.25, -0.2) is 9.97 Å². The normalized spacial score (nSPS) is 20.2. The lowest BCUT2D eigenvalue weighted by Crippen LogP contribution is -2.41. The summed E-state index contributed by atoms with van der Waals surface area (Å²) in [6.07, 6.45) is 6.03. The summed E-state index contributed by atoms with van der Waals surface area (Å²) in [4.78, 5) is 10.9. The molecule has 1 aliphatic heterocycles. The number of anilines is 1. The first-order valence-corrected chi connectivity index (χ1v) is 7.22. The van der Waals surface area contributed by atoms with Crippen LogP contribution in [-0.2, 0) is 0 Å². The molecule has 5 heteroatoms. The van der Waals surface area contributed by atoms with Crippen LogP contribution in [0.2, 0.25) is 0 Å². The minimum absolute atomic E-state index is 0.543. The third-order valence-corrected chi connectivity index (χ3v) is 3.82. The molecule has 2 rings (SSSR count). The largest absolute Gasteiger partial charge is 0.351 e. The molecule has 1 N–H and O–H groups in total. The van der Waals surface area contributed by atoms with Crippen LogP contribution in [0.3, 0.4) is 0 Å². The van der Waals surface area contributed by atoms with Crippen molar-refractivity contribution in [3.8, 4) is 0 Å². The third kappa shape index (κ3) is 3.28. The van der Waals surface area contributed by atoms with Crippen molar-refractivity contribution in [2.24, 2.45) is 0 Å². The van der Waals surface area contributed by atoms with E-state index in [1.54, 1.807) is 6.33 Å². The Balaban J connectivity index is 2.07. The van der Waals surface area contributed by atoms with E-state index >= 15 is 0 Å². The lowest BCUT2D eigenvalue weighted by molar-refractivity contribution is 0.522. The van der Waals surface area contributed by atoms with Crippen molar-refractivity contribution in [2.45, 2.75) is 38.8 Å². The summed E-state index contributed by atoms with van der Waals surface area (Å²) in [5.74, 6) is 1.09. The van der Waals surface area contributed by atoms with Crippen LogP contribution in [0.15, 0.2) is 12.5 Å². The molecule has 1 atom stereocenters. The fourth-order valence-electron chi connectivity index (χ4n) is 2.22. The molecule has 1 aliphatic rings. The zero-order valence-corrected chi connectivity index (χ0v) is 12.5. The molecule has 0 aliphatic carbocycles. The molecule has 1 aromatic rings. The number of rotatable bonds is 4. The molecule has 17 heavy (non-hydrogen) atoms. The fourth-order valence-corrected chi connectivity index (χ4v) is 2.83. The number of nitrogens with one attached hydrogen (secondary N) is 1. The Morgan fingerprint density at radius 2 is 2.41 bits per heavy atom. The van der Waals surface area contributed by atoms with Crippen molar-refractivity contribution in [1.82, 2.24) is 15.3 Å². The van der Waals surface area contributed by atoms with Crippen molar-refractivity contribution in [2.75, 3.05) is 18.0 Å². The number of hydrogen-bond acceptors (Lipinski definition) is 4. The quantitative estimate of drug-likeness (QED) is 0.848. The van der Waals surface area contributed by atoms with Crippen molar-refractivity contribution in [1.29, 1.82) is 0 Å². The monoisotopic (exact) mass is 346 g/mol. The van der Waals surface area contributed by atoms with E-state index in [0.717, 1.165) is 22.5 Å². The predicted octanol–water partition coefficient (Wildman–Crippen LogP) is 2.05. The highest BCUT2D eigenvalue weighted by Crippen LogP contribution is 2.26. The van der Waals surface area contributed by atoms with Crippen LogP contribution in [0.1, 0.15) is 26.7 Å². The van der Waals surface area contributed by atoms with E-state index in [2.05, 4.69) is 56.6 Å². The van der Waals surface area contributed by atoms with Crippen LogP contribution < -0.4 is 10.2 Å². The van der Waals surface area contributed by atoms with Gasteiger partial charge in [0.2, 0.25) is 0 Å². The molecule has 2 heterocycles. The van der Waals surface area contributed by atoms with E-state index in [9.17, 15) is 0 Å². The Morgan fingerprint density at radius 3 is 3.12 bits per heavy atom. The molecular formula is C12H19IN4. The Morgan fingerprint density at radius 1 is 1.59 bits per heavy atom. The van der Waals surface area contributed by atoms with E-state index in [1.165, 1.54) is 12.8 Å². The van der Waals surface area contributed by atoms with E-state index in [4.69, 9.17) is 0 Å². The lowest BCUT2D eigenvalue weighted by atomic mass is 10.2. The second kappa shape index (κ2) is 5.95. The second-order valence-corrected chi connectivity index (χ2v) is 5.91. The van der Waals surface area contributed by atoms with Gasteiger partial charge in [-0.3, -0.25) is 0 Å². The number of aromatic nitrogens is 2. The summed E-state index contributed by atoms with van der Waals surface area (Å²) in [5.41, 5.74) is 0. The molecule has 0 aromatic carbocycles. The Hall–Kier alpha value is -0.430. The van der Waals surface area contributed by atoms with E-state index < -0.39 is 0 Å². The van der Waals surface area contributed by atoms with Crippen LogP contribution in [0.5, 0.6) is 0 Å². The first-order valence-electron chi connectivity index (χ1n) is 6.14. The molecule has 0 bridgehead atoms. The number of nitrogens with zero attached hydrogens (tertiary/aromatic N) is 3. The van der Waals surface area contributed by atoms with Crippen molar-refractivity contribution < 1.29 is 0 Å². The van der Waals surface area contributed by atoms with Crippen LogP contribution >= 0.6 is 22.6 Å². The summed E-state index contributed by atoms with van der Waals surface area (Å²) < 4.78 is 1.14. The maximum Gasteiger partial charge on any atom is 0.145 e. The van der Waals surface area contributed by atoms with Crippen LogP contribution in [-0.4, -0.2) is 35.1 Å². The van der Waals surface area contributed by atoms with Gasteiger partial charge in [-0.1, -0.05) is 13.8 Å². The molecule has 4 nitrogen and oxygen atoms in total. The fraction of sp³-hybridized carbons (Fsp3) is 0.667. The zero-order chi connectivity index (χ0) is 12.3. The average Bonchev–Trinajstić information content (AvgIpc) is 2.75. The Labute approximate surface area is 116 Å². The topological polar surface area (TPSA) is 41.0 Å². The van der Waals surface area contributed by atoms with E-state index in [-0.39, 0.29) is 0 Å². The molecule has 1 unspecified atom stereocenters. The predicted molar refractivity (Wildman–Crippen MR) is 78.3 cm³/mol. The van der Waals surface area contributed by atoms with Gasteiger partial charge in [0.25, 0.3) is 0 Å². The highest BCUT2D eigenvalue weighted by atomic mass is 127. The van der Waals surface area contributed by atoms with E-state index in [1.807, 2.05) is 6.20 Å². The molecule has 0 spiro atoms. The maximum atomic E-state index is 4.42.